The number of amides is 1. The van der Waals surface area contributed by atoms with E-state index in [1.807, 2.05) is 44.2 Å². The summed E-state index contributed by atoms with van der Waals surface area (Å²) in [7, 11) is 0. The van der Waals surface area contributed by atoms with Crippen LogP contribution in [0.2, 0.25) is 5.02 Å². The maximum atomic E-state index is 13.0. The van der Waals surface area contributed by atoms with Crippen molar-refractivity contribution in [1.29, 1.82) is 0 Å². The zero-order valence-corrected chi connectivity index (χ0v) is 14.7. The van der Waals surface area contributed by atoms with E-state index in [4.69, 9.17) is 11.6 Å². The van der Waals surface area contributed by atoms with Gasteiger partial charge in [0.1, 0.15) is 5.82 Å². The summed E-state index contributed by atoms with van der Waals surface area (Å²) in [6.07, 6.45) is 0.846. The van der Waals surface area contributed by atoms with E-state index in [1.165, 1.54) is 5.56 Å². The molecule has 2 aromatic carbocycles. The number of hydrogen-bond donors (Lipinski definition) is 0. The van der Waals surface area contributed by atoms with E-state index in [2.05, 4.69) is 16.1 Å². The van der Waals surface area contributed by atoms with Crippen molar-refractivity contribution in [3.8, 4) is 5.69 Å². The second-order valence-electron chi connectivity index (χ2n) is 6.23. The highest BCUT2D eigenvalue weighted by Crippen LogP contribution is 2.32. The number of nitrogens with zero attached hydrogens (tertiary/aromatic N) is 4. The van der Waals surface area contributed by atoms with Gasteiger partial charge in [0.25, 0.3) is 5.91 Å². The first-order valence-electron chi connectivity index (χ1n) is 8.15. The molecule has 1 amide bonds. The Balaban J connectivity index is 1.70. The second-order valence-corrected chi connectivity index (χ2v) is 6.66. The average Bonchev–Trinajstić information content (AvgIpc) is 3.14. The lowest BCUT2D eigenvalue weighted by Gasteiger charge is -2.20. The summed E-state index contributed by atoms with van der Waals surface area (Å²) in [4.78, 5) is 19.2. The number of rotatable bonds is 2. The molecule has 25 heavy (non-hydrogen) atoms. The van der Waals surface area contributed by atoms with Crippen LogP contribution < -0.4 is 4.90 Å². The van der Waals surface area contributed by atoms with E-state index in [0.29, 0.717) is 10.8 Å². The predicted molar refractivity (Wildman–Crippen MR) is 97.5 cm³/mol. The Morgan fingerprint density at radius 1 is 1.16 bits per heavy atom. The van der Waals surface area contributed by atoms with Crippen molar-refractivity contribution in [2.24, 2.45) is 0 Å². The number of halogens is 1. The topological polar surface area (TPSA) is 51.0 Å². The molecule has 6 heteroatoms. The molecular formula is C19H17ClN4O. The van der Waals surface area contributed by atoms with Gasteiger partial charge in [0.15, 0.2) is 0 Å². The van der Waals surface area contributed by atoms with Gasteiger partial charge in [0, 0.05) is 16.8 Å². The van der Waals surface area contributed by atoms with E-state index >= 15 is 0 Å². The molecule has 1 aliphatic heterocycles. The van der Waals surface area contributed by atoms with Crippen molar-refractivity contribution in [3.63, 3.8) is 0 Å². The second kappa shape index (κ2) is 6.01. The molecular weight excluding hydrogens is 336 g/mol. The van der Waals surface area contributed by atoms with Gasteiger partial charge in [0.05, 0.1) is 5.69 Å². The molecule has 0 saturated carbocycles. The Kier molecular flexibility index (Phi) is 3.81. The number of hydrogen-bond acceptors (Lipinski definition) is 3. The van der Waals surface area contributed by atoms with Gasteiger partial charge in [-0.3, -0.25) is 4.79 Å². The number of para-hydroxylation sites is 1. The Labute approximate surface area is 150 Å². The molecule has 0 unspecified atom stereocenters. The number of aryl methyl sites for hydroxylation is 1. The van der Waals surface area contributed by atoms with Gasteiger partial charge in [0.2, 0.25) is 5.82 Å². The van der Waals surface area contributed by atoms with Crippen LogP contribution in [0.25, 0.3) is 5.69 Å². The van der Waals surface area contributed by atoms with Gasteiger partial charge in [-0.05, 0) is 56.2 Å². The number of anilines is 1. The normalized spacial score (nSPS) is 16.1. The van der Waals surface area contributed by atoms with Gasteiger partial charge in [-0.15, -0.1) is 5.10 Å². The van der Waals surface area contributed by atoms with Crippen molar-refractivity contribution < 1.29 is 4.79 Å². The lowest BCUT2D eigenvalue weighted by Crippen LogP contribution is -2.36. The fourth-order valence-electron chi connectivity index (χ4n) is 3.29. The third kappa shape index (κ3) is 2.70. The number of benzene rings is 2. The van der Waals surface area contributed by atoms with Crippen molar-refractivity contribution in [2.75, 3.05) is 4.90 Å². The highest BCUT2D eigenvalue weighted by atomic mass is 35.5. The molecule has 0 fully saturated rings. The molecule has 0 bridgehead atoms. The quantitative estimate of drug-likeness (QED) is 0.704. The van der Waals surface area contributed by atoms with Crippen LogP contribution in [0.5, 0.6) is 0 Å². The minimum atomic E-state index is -0.173. The highest BCUT2D eigenvalue weighted by molar-refractivity contribution is 6.30. The van der Waals surface area contributed by atoms with Gasteiger partial charge >= 0.3 is 0 Å². The standard InChI is InChI=1S/C19H17ClN4O/c1-12-11-14-5-3-4-6-17(14)23(12)19(25)18-21-13(2)24(22-18)16-9-7-15(20)8-10-16/h3-10,12H,11H2,1-2H3/t12-/m0/s1. The highest BCUT2D eigenvalue weighted by Gasteiger charge is 2.33. The molecule has 0 saturated heterocycles. The van der Waals surface area contributed by atoms with Gasteiger partial charge in [-0.25, -0.2) is 9.67 Å². The van der Waals surface area contributed by atoms with Crippen LogP contribution in [-0.4, -0.2) is 26.7 Å². The van der Waals surface area contributed by atoms with Crippen LogP contribution in [0.1, 0.15) is 28.9 Å². The maximum Gasteiger partial charge on any atom is 0.298 e. The van der Waals surface area contributed by atoms with Crippen LogP contribution in [0.4, 0.5) is 5.69 Å². The van der Waals surface area contributed by atoms with Crippen molar-refractivity contribution >= 4 is 23.2 Å². The summed E-state index contributed by atoms with van der Waals surface area (Å²) in [5, 5.41) is 5.09. The largest absolute Gasteiger partial charge is 0.302 e. The molecule has 1 aliphatic rings. The maximum absolute atomic E-state index is 13.0. The van der Waals surface area contributed by atoms with Crippen LogP contribution in [0.3, 0.4) is 0 Å². The van der Waals surface area contributed by atoms with E-state index in [1.54, 1.807) is 21.7 Å². The molecule has 4 rings (SSSR count). The number of carbonyl (C=O) groups excluding carboxylic acids is 1. The summed E-state index contributed by atoms with van der Waals surface area (Å²) in [5.74, 6) is 0.690. The predicted octanol–water partition coefficient (Wildman–Crippen LogP) is 3.82. The first-order chi connectivity index (χ1) is 12.0. The average molecular weight is 353 g/mol. The molecule has 1 aromatic heterocycles. The van der Waals surface area contributed by atoms with E-state index in [9.17, 15) is 4.79 Å². The van der Waals surface area contributed by atoms with E-state index < -0.39 is 0 Å². The van der Waals surface area contributed by atoms with Gasteiger partial charge in [-0.2, -0.15) is 0 Å². The Morgan fingerprint density at radius 2 is 1.88 bits per heavy atom. The molecule has 126 valence electrons. The van der Waals surface area contributed by atoms with Gasteiger partial charge in [-0.1, -0.05) is 29.8 Å². The van der Waals surface area contributed by atoms with Crippen molar-refractivity contribution in [1.82, 2.24) is 14.8 Å². The molecule has 0 aliphatic carbocycles. The first-order valence-corrected chi connectivity index (χ1v) is 8.53. The lowest BCUT2D eigenvalue weighted by atomic mass is 10.1. The third-order valence-electron chi connectivity index (χ3n) is 4.46. The summed E-state index contributed by atoms with van der Waals surface area (Å²) in [5.41, 5.74) is 2.95. The zero-order chi connectivity index (χ0) is 17.6. The monoisotopic (exact) mass is 352 g/mol. The number of fused-ring (bicyclic) bond motifs is 1. The third-order valence-corrected chi connectivity index (χ3v) is 4.71. The molecule has 1 atom stereocenters. The van der Waals surface area contributed by atoms with Crippen molar-refractivity contribution in [2.45, 2.75) is 26.3 Å². The Morgan fingerprint density at radius 3 is 2.64 bits per heavy atom. The molecule has 3 aromatic rings. The lowest BCUT2D eigenvalue weighted by molar-refractivity contribution is 0.0971. The fraction of sp³-hybridized carbons (Fsp3) is 0.211. The summed E-state index contributed by atoms with van der Waals surface area (Å²) < 4.78 is 1.66. The van der Waals surface area contributed by atoms with E-state index in [0.717, 1.165) is 17.8 Å². The molecule has 0 spiro atoms. The summed E-state index contributed by atoms with van der Waals surface area (Å²) in [6, 6.07) is 15.4. The summed E-state index contributed by atoms with van der Waals surface area (Å²) in [6.45, 7) is 3.88. The number of carbonyl (C=O) groups is 1. The van der Waals surface area contributed by atoms with Crippen LogP contribution >= 0.6 is 11.6 Å². The smallest absolute Gasteiger partial charge is 0.298 e. The molecule has 5 nitrogen and oxygen atoms in total. The fourth-order valence-corrected chi connectivity index (χ4v) is 3.42. The molecule has 0 N–H and O–H groups in total. The minimum absolute atomic E-state index is 0.0905. The minimum Gasteiger partial charge on any atom is -0.302 e. The number of aromatic nitrogens is 3. The Hall–Kier alpha value is -2.66. The SMILES string of the molecule is Cc1nc(C(=O)N2c3ccccc3C[C@@H]2C)nn1-c1ccc(Cl)cc1. The van der Waals surface area contributed by atoms with Crippen LogP contribution in [0.15, 0.2) is 48.5 Å². The first kappa shape index (κ1) is 15.8. The molecule has 2 heterocycles. The zero-order valence-electron chi connectivity index (χ0n) is 14.0. The Bertz CT molecular complexity index is 948. The summed E-state index contributed by atoms with van der Waals surface area (Å²) >= 11 is 5.94. The van der Waals surface area contributed by atoms with Gasteiger partial charge < -0.3 is 4.90 Å². The van der Waals surface area contributed by atoms with Crippen LogP contribution in [0, 0.1) is 6.92 Å². The molecule has 0 radical (unpaired) electrons. The van der Waals surface area contributed by atoms with Crippen molar-refractivity contribution in [3.05, 3.63) is 70.8 Å². The van der Waals surface area contributed by atoms with Crippen LogP contribution in [-0.2, 0) is 6.42 Å². The van der Waals surface area contributed by atoms with E-state index in [-0.39, 0.29) is 17.8 Å².